The first-order valence-electron chi connectivity index (χ1n) is 8.27. The molecule has 2 aromatic carbocycles. The van der Waals surface area contributed by atoms with Crippen LogP contribution in [0, 0.1) is 13.8 Å². The zero-order valence-electron chi connectivity index (χ0n) is 13.7. The zero-order chi connectivity index (χ0) is 15.8. The van der Waals surface area contributed by atoms with Crippen LogP contribution in [0.5, 0.6) is 11.5 Å². The summed E-state index contributed by atoms with van der Waals surface area (Å²) in [5, 5.41) is 0. The van der Waals surface area contributed by atoms with E-state index in [1.54, 1.807) is 0 Å². The fourth-order valence-electron chi connectivity index (χ4n) is 2.92. The van der Waals surface area contributed by atoms with E-state index < -0.39 is 0 Å². The number of aryl methyl sites for hydroxylation is 2. The van der Waals surface area contributed by atoms with E-state index >= 15 is 0 Å². The van der Waals surface area contributed by atoms with Crippen molar-refractivity contribution < 1.29 is 14.2 Å². The predicted molar refractivity (Wildman–Crippen MR) is 89.3 cm³/mol. The summed E-state index contributed by atoms with van der Waals surface area (Å²) in [4.78, 5) is 0. The fraction of sp³-hybridized carbons (Fsp3) is 0.400. The Morgan fingerprint density at radius 1 is 0.826 bits per heavy atom. The highest BCUT2D eigenvalue weighted by Gasteiger charge is 2.23. The van der Waals surface area contributed by atoms with Gasteiger partial charge in [0.1, 0.15) is 11.5 Å². The van der Waals surface area contributed by atoms with Crippen molar-refractivity contribution in [1.82, 2.24) is 0 Å². The van der Waals surface area contributed by atoms with Gasteiger partial charge in [-0.3, -0.25) is 0 Å². The van der Waals surface area contributed by atoms with Gasteiger partial charge in [-0.25, -0.2) is 0 Å². The summed E-state index contributed by atoms with van der Waals surface area (Å²) < 4.78 is 16.7. The second kappa shape index (κ2) is 5.99. The van der Waals surface area contributed by atoms with Crippen LogP contribution in [0.4, 0.5) is 0 Å². The van der Waals surface area contributed by atoms with Gasteiger partial charge in [-0.1, -0.05) is 24.3 Å². The lowest BCUT2D eigenvalue weighted by atomic mass is 10.1. The second-order valence-corrected chi connectivity index (χ2v) is 6.62. The minimum absolute atomic E-state index is 0.423. The molecule has 2 aromatic rings. The first-order valence-corrected chi connectivity index (χ1v) is 8.27. The van der Waals surface area contributed by atoms with Gasteiger partial charge in [-0.2, -0.15) is 0 Å². The van der Waals surface area contributed by atoms with Crippen molar-refractivity contribution in [3.63, 3.8) is 0 Å². The molecule has 2 aliphatic rings. The third-order valence-electron chi connectivity index (χ3n) is 4.43. The Kier molecular flexibility index (Phi) is 3.83. The van der Waals surface area contributed by atoms with Crippen molar-refractivity contribution in [2.24, 2.45) is 0 Å². The molecule has 0 amide bonds. The lowest BCUT2D eigenvalue weighted by Gasteiger charge is -2.13. The number of epoxide rings is 2. The fourth-order valence-corrected chi connectivity index (χ4v) is 2.92. The second-order valence-electron chi connectivity index (χ2n) is 6.62. The van der Waals surface area contributed by atoms with Crippen LogP contribution in [0.2, 0.25) is 0 Å². The van der Waals surface area contributed by atoms with E-state index in [1.165, 1.54) is 11.1 Å². The molecular formula is C20H22O3. The van der Waals surface area contributed by atoms with Crippen LogP contribution in [0.15, 0.2) is 36.4 Å². The molecular weight excluding hydrogens is 288 g/mol. The van der Waals surface area contributed by atoms with Crippen LogP contribution in [-0.2, 0) is 22.3 Å². The van der Waals surface area contributed by atoms with E-state index in [0.717, 1.165) is 48.7 Å². The lowest BCUT2D eigenvalue weighted by Crippen LogP contribution is -1.97. The van der Waals surface area contributed by atoms with Gasteiger partial charge in [0.05, 0.1) is 25.4 Å². The van der Waals surface area contributed by atoms with Gasteiger partial charge >= 0.3 is 0 Å². The van der Waals surface area contributed by atoms with Crippen LogP contribution in [0.3, 0.4) is 0 Å². The van der Waals surface area contributed by atoms with E-state index in [9.17, 15) is 0 Å². The smallest absolute Gasteiger partial charge is 0.130 e. The van der Waals surface area contributed by atoms with Gasteiger partial charge < -0.3 is 14.2 Å². The molecule has 3 heteroatoms. The molecule has 2 saturated heterocycles. The minimum atomic E-state index is 0.423. The SMILES string of the molecule is Cc1cc(CC2CO2)ccc1Oc1ccc(CC2CO2)cc1C. The van der Waals surface area contributed by atoms with Crippen molar-refractivity contribution in [2.45, 2.75) is 38.9 Å². The lowest BCUT2D eigenvalue weighted by molar-refractivity contribution is 0.407. The van der Waals surface area contributed by atoms with Gasteiger partial charge in [0.2, 0.25) is 0 Å². The van der Waals surface area contributed by atoms with Crippen molar-refractivity contribution >= 4 is 0 Å². The molecule has 0 radical (unpaired) electrons. The molecule has 0 saturated carbocycles. The molecule has 23 heavy (non-hydrogen) atoms. The molecule has 120 valence electrons. The highest BCUT2D eigenvalue weighted by atomic mass is 16.6. The van der Waals surface area contributed by atoms with Gasteiger partial charge in [0.15, 0.2) is 0 Å². The maximum atomic E-state index is 6.13. The van der Waals surface area contributed by atoms with Gasteiger partial charge in [-0.05, 0) is 48.2 Å². The third kappa shape index (κ3) is 3.74. The molecule has 0 aliphatic carbocycles. The maximum absolute atomic E-state index is 6.13. The summed E-state index contributed by atoms with van der Waals surface area (Å²) in [5.74, 6) is 1.85. The van der Waals surface area contributed by atoms with E-state index in [1.807, 2.05) is 0 Å². The topological polar surface area (TPSA) is 34.3 Å². The summed E-state index contributed by atoms with van der Waals surface area (Å²) in [6, 6.07) is 12.8. The van der Waals surface area contributed by atoms with E-state index in [2.05, 4.69) is 50.2 Å². The van der Waals surface area contributed by atoms with Crippen molar-refractivity contribution in [2.75, 3.05) is 13.2 Å². The van der Waals surface area contributed by atoms with Gasteiger partial charge in [-0.15, -0.1) is 0 Å². The number of benzene rings is 2. The zero-order valence-corrected chi connectivity index (χ0v) is 13.7. The summed E-state index contributed by atoms with van der Waals surface area (Å²) in [7, 11) is 0. The number of rotatable bonds is 6. The molecule has 2 heterocycles. The number of ether oxygens (including phenoxy) is 3. The van der Waals surface area contributed by atoms with Gasteiger partial charge in [0.25, 0.3) is 0 Å². The monoisotopic (exact) mass is 310 g/mol. The van der Waals surface area contributed by atoms with E-state index in [4.69, 9.17) is 14.2 Å². The van der Waals surface area contributed by atoms with Crippen molar-refractivity contribution in [1.29, 1.82) is 0 Å². The van der Waals surface area contributed by atoms with Crippen LogP contribution < -0.4 is 4.74 Å². The Morgan fingerprint density at radius 2 is 1.26 bits per heavy atom. The van der Waals surface area contributed by atoms with Gasteiger partial charge in [0, 0.05) is 12.8 Å². The average Bonchev–Trinajstić information content (AvgIpc) is 3.41. The quantitative estimate of drug-likeness (QED) is 0.757. The third-order valence-corrected chi connectivity index (χ3v) is 4.43. The minimum Gasteiger partial charge on any atom is -0.457 e. The molecule has 2 aliphatic heterocycles. The summed E-state index contributed by atoms with van der Waals surface area (Å²) >= 11 is 0. The molecule has 3 nitrogen and oxygen atoms in total. The van der Waals surface area contributed by atoms with E-state index in [-0.39, 0.29) is 0 Å². The maximum Gasteiger partial charge on any atom is 0.130 e. The summed E-state index contributed by atoms with van der Waals surface area (Å²) in [6.45, 7) is 5.99. The molecule has 2 fully saturated rings. The molecule has 0 bridgehead atoms. The number of hydrogen-bond donors (Lipinski definition) is 0. The van der Waals surface area contributed by atoms with Crippen LogP contribution in [0.1, 0.15) is 22.3 Å². The highest BCUT2D eigenvalue weighted by Crippen LogP contribution is 2.30. The largest absolute Gasteiger partial charge is 0.457 e. The molecule has 0 aromatic heterocycles. The van der Waals surface area contributed by atoms with Crippen LogP contribution >= 0.6 is 0 Å². The molecule has 2 unspecified atom stereocenters. The standard InChI is InChI=1S/C20H22O3/c1-13-7-15(9-17-11-21-17)3-5-19(13)23-20-6-4-16(8-14(20)2)10-18-12-22-18/h3-8,17-18H,9-12H2,1-2H3. The highest BCUT2D eigenvalue weighted by molar-refractivity contribution is 5.43. The Hall–Kier alpha value is -1.84. The molecule has 4 rings (SSSR count). The van der Waals surface area contributed by atoms with E-state index in [0.29, 0.717) is 12.2 Å². The molecule has 0 N–H and O–H groups in total. The Bertz CT molecular complexity index is 653. The van der Waals surface area contributed by atoms with Crippen molar-refractivity contribution in [3.05, 3.63) is 58.7 Å². The molecule has 0 spiro atoms. The first kappa shape index (κ1) is 14.7. The number of hydrogen-bond acceptors (Lipinski definition) is 3. The van der Waals surface area contributed by atoms with Crippen LogP contribution in [0.25, 0.3) is 0 Å². The normalized spacial score (nSPS) is 22.0. The summed E-state index contributed by atoms with van der Waals surface area (Å²) in [5.41, 5.74) is 4.96. The van der Waals surface area contributed by atoms with Crippen LogP contribution in [-0.4, -0.2) is 25.4 Å². The van der Waals surface area contributed by atoms with Crippen molar-refractivity contribution in [3.8, 4) is 11.5 Å². The Balaban J connectivity index is 1.47. The summed E-state index contributed by atoms with van der Waals surface area (Å²) in [6.07, 6.45) is 2.84. The Morgan fingerprint density at radius 3 is 1.61 bits per heavy atom. The molecule has 2 atom stereocenters. The Labute approximate surface area is 137 Å². The predicted octanol–water partition coefficient (Wildman–Crippen LogP) is 3.98. The average molecular weight is 310 g/mol. The first-order chi connectivity index (χ1) is 11.2.